The molecule has 0 bridgehead atoms. The van der Waals surface area contributed by atoms with Crippen LogP contribution in [-0.2, 0) is 9.53 Å². The minimum Gasteiger partial charge on any atom is -0.468 e. The molecule has 1 fully saturated rings. The Balaban J connectivity index is 1.70. The smallest absolute Gasteiger partial charge is 0.325 e. The number of hydrogen-bond acceptors (Lipinski definition) is 6. The fourth-order valence-corrected chi connectivity index (χ4v) is 2.66. The monoisotopic (exact) mass is 330 g/mol. The number of benzene rings is 1. The number of carbonyl (C=O) groups excluding carboxylic acids is 2. The highest BCUT2D eigenvalue weighted by molar-refractivity contribution is 5.81. The Hall–Kier alpha value is -2.90. The van der Waals surface area contributed by atoms with Crippen LogP contribution < -0.4 is 5.32 Å². The van der Waals surface area contributed by atoms with Crippen molar-refractivity contribution in [3.05, 3.63) is 36.2 Å². The minimum atomic E-state index is -0.497. The van der Waals surface area contributed by atoms with Crippen LogP contribution in [0.1, 0.15) is 24.8 Å². The quantitative estimate of drug-likeness (QED) is 0.858. The number of nitrogens with zero attached hydrogens (tertiary/aromatic N) is 3. The van der Waals surface area contributed by atoms with Gasteiger partial charge in [-0.25, -0.2) is 4.79 Å². The van der Waals surface area contributed by atoms with Gasteiger partial charge >= 0.3 is 12.0 Å². The van der Waals surface area contributed by atoms with Crippen molar-refractivity contribution in [1.82, 2.24) is 20.4 Å². The second-order valence-corrected chi connectivity index (χ2v) is 5.41. The molecule has 2 heterocycles. The molecule has 1 aliphatic heterocycles. The molecule has 0 unspecified atom stereocenters. The van der Waals surface area contributed by atoms with Crippen LogP contribution in [0.15, 0.2) is 34.9 Å². The molecule has 1 N–H and O–H groups in total. The van der Waals surface area contributed by atoms with Crippen molar-refractivity contribution in [2.24, 2.45) is 0 Å². The lowest BCUT2D eigenvalue weighted by Gasteiger charge is -2.21. The van der Waals surface area contributed by atoms with Crippen LogP contribution in [0.4, 0.5) is 4.79 Å². The van der Waals surface area contributed by atoms with Crippen LogP contribution in [0, 0.1) is 0 Å². The topological polar surface area (TPSA) is 97.6 Å². The highest BCUT2D eigenvalue weighted by Crippen LogP contribution is 2.31. The lowest BCUT2D eigenvalue weighted by Crippen LogP contribution is -2.41. The number of amides is 2. The van der Waals surface area contributed by atoms with E-state index in [1.165, 1.54) is 7.11 Å². The van der Waals surface area contributed by atoms with Gasteiger partial charge in [0, 0.05) is 12.1 Å². The van der Waals surface area contributed by atoms with Gasteiger partial charge in [0.15, 0.2) is 0 Å². The van der Waals surface area contributed by atoms with Crippen molar-refractivity contribution in [3.63, 3.8) is 0 Å². The molecule has 1 aromatic heterocycles. The van der Waals surface area contributed by atoms with E-state index in [0.717, 1.165) is 18.4 Å². The third-order valence-electron chi connectivity index (χ3n) is 3.88. The van der Waals surface area contributed by atoms with Gasteiger partial charge in [-0.3, -0.25) is 4.79 Å². The zero-order valence-corrected chi connectivity index (χ0v) is 13.3. The maximum atomic E-state index is 12.2. The van der Waals surface area contributed by atoms with E-state index in [9.17, 15) is 9.59 Å². The van der Waals surface area contributed by atoms with Crippen molar-refractivity contribution in [2.45, 2.75) is 18.9 Å². The van der Waals surface area contributed by atoms with Crippen LogP contribution in [0.3, 0.4) is 0 Å². The van der Waals surface area contributed by atoms with Gasteiger partial charge in [-0.2, -0.15) is 4.98 Å². The van der Waals surface area contributed by atoms with Crippen LogP contribution in [0.25, 0.3) is 11.4 Å². The van der Waals surface area contributed by atoms with E-state index in [4.69, 9.17) is 4.52 Å². The number of carbonyl (C=O) groups is 2. The van der Waals surface area contributed by atoms with E-state index in [-0.39, 0.29) is 18.6 Å². The molecule has 3 rings (SSSR count). The molecule has 2 amide bonds. The van der Waals surface area contributed by atoms with Gasteiger partial charge in [0.05, 0.1) is 7.11 Å². The fraction of sp³-hybridized carbons (Fsp3) is 0.375. The summed E-state index contributed by atoms with van der Waals surface area (Å²) in [5.41, 5.74) is 0.854. The Morgan fingerprint density at radius 3 is 2.92 bits per heavy atom. The molecule has 1 aromatic carbocycles. The SMILES string of the molecule is COC(=O)CNC(=O)N1CCC[C@H]1c1nc(-c2ccccc2)no1. The second kappa shape index (κ2) is 7.12. The zero-order valence-electron chi connectivity index (χ0n) is 13.3. The summed E-state index contributed by atoms with van der Waals surface area (Å²) in [6, 6.07) is 8.86. The lowest BCUT2D eigenvalue weighted by atomic mass is 10.2. The molecule has 2 aromatic rings. The maximum absolute atomic E-state index is 12.2. The Labute approximate surface area is 138 Å². The number of methoxy groups -OCH3 is 1. The van der Waals surface area contributed by atoms with E-state index in [0.29, 0.717) is 18.3 Å². The molecule has 1 saturated heterocycles. The van der Waals surface area contributed by atoms with Crippen molar-refractivity contribution < 1.29 is 18.8 Å². The van der Waals surface area contributed by atoms with Crippen molar-refractivity contribution >= 4 is 12.0 Å². The predicted octanol–water partition coefficient (Wildman–Crippen LogP) is 1.76. The molecule has 126 valence electrons. The number of likely N-dealkylation sites (tertiary alicyclic amines) is 1. The number of aromatic nitrogens is 2. The van der Waals surface area contributed by atoms with Gasteiger partial charge < -0.3 is 19.5 Å². The largest absolute Gasteiger partial charge is 0.468 e. The molecule has 0 aliphatic carbocycles. The van der Waals surface area contributed by atoms with Crippen LogP contribution >= 0.6 is 0 Å². The number of ether oxygens (including phenoxy) is 1. The van der Waals surface area contributed by atoms with Gasteiger partial charge in [0.2, 0.25) is 11.7 Å². The third-order valence-corrected chi connectivity index (χ3v) is 3.88. The first-order valence-corrected chi connectivity index (χ1v) is 7.69. The number of rotatable bonds is 4. The van der Waals surface area contributed by atoms with Crippen molar-refractivity contribution in [3.8, 4) is 11.4 Å². The summed E-state index contributed by atoms with van der Waals surface area (Å²) < 4.78 is 9.87. The summed E-state index contributed by atoms with van der Waals surface area (Å²) in [5.74, 6) is 0.398. The summed E-state index contributed by atoms with van der Waals surface area (Å²) in [7, 11) is 1.27. The first-order valence-electron chi connectivity index (χ1n) is 7.69. The van der Waals surface area contributed by atoms with Gasteiger partial charge in [-0.05, 0) is 12.8 Å². The Kier molecular flexibility index (Phi) is 4.74. The van der Waals surface area contributed by atoms with Gasteiger partial charge in [0.25, 0.3) is 0 Å². The first-order chi connectivity index (χ1) is 11.7. The van der Waals surface area contributed by atoms with Crippen LogP contribution in [-0.4, -0.2) is 47.2 Å². The Morgan fingerprint density at radius 1 is 1.38 bits per heavy atom. The molecule has 0 radical (unpaired) electrons. The third kappa shape index (κ3) is 3.37. The average molecular weight is 330 g/mol. The fourth-order valence-electron chi connectivity index (χ4n) is 2.66. The number of esters is 1. The highest BCUT2D eigenvalue weighted by atomic mass is 16.5. The van der Waals surface area contributed by atoms with E-state index in [1.54, 1.807) is 4.90 Å². The van der Waals surface area contributed by atoms with Gasteiger partial charge in [-0.1, -0.05) is 35.5 Å². The lowest BCUT2D eigenvalue weighted by molar-refractivity contribution is -0.139. The Bertz CT molecular complexity index is 716. The van der Waals surface area contributed by atoms with Crippen molar-refractivity contribution in [2.75, 3.05) is 20.2 Å². The second-order valence-electron chi connectivity index (χ2n) is 5.41. The van der Waals surface area contributed by atoms with E-state index < -0.39 is 5.97 Å². The molecular weight excluding hydrogens is 312 g/mol. The highest BCUT2D eigenvalue weighted by Gasteiger charge is 2.34. The summed E-state index contributed by atoms with van der Waals surface area (Å²) in [6.07, 6.45) is 1.57. The summed E-state index contributed by atoms with van der Waals surface area (Å²) >= 11 is 0. The summed E-state index contributed by atoms with van der Waals surface area (Å²) in [6.45, 7) is 0.401. The molecule has 1 aliphatic rings. The summed E-state index contributed by atoms with van der Waals surface area (Å²) in [5, 5.41) is 6.53. The minimum absolute atomic E-state index is 0.169. The predicted molar refractivity (Wildman–Crippen MR) is 83.8 cm³/mol. The number of hydrogen-bond donors (Lipinski definition) is 1. The van der Waals surface area contributed by atoms with E-state index in [1.807, 2.05) is 30.3 Å². The molecule has 24 heavy (non-hydrogen) atoms. The molecule has 0 saturated carbocycles. The summed E-state index contributed by atoms with van der Waals surface area (Å²) in [4.78, 5) is 29.4. The molecule has 1 atom stereocenters. The number of urea groups is 1. The van der Waals surface area contributed by atoms with Crippen molar-refractivity contribution in [1.29, 1.82) is 0 Å². The normalized spacial score (nSPS) is 16.9. The van der Waals surface area contributed by atoms with Crippen LogP contribution in [0.5, 0.6) is 0 Å². The maximum Gasteiger partial charge on any atom is 0.325 e. The zero-order chi connectivity index (χ0) is 16.9. The van der Waals surface area contributed by atoms with E-state index >= 15 is 0 Å². The number of nitrogens with one attached hydrogen (secondary N) is 1. The average Bonchev–Trinajstić information content (AvgIpc) is 3.28. The molecule has 8 nitrogen and oxygen atoms in total. The first kappa shape index (κ1) is 16.0. The van der Waals surface area contributed by atoms with Gasteiger partial charge in [0.1, 0.15) is 12.6 Å². The van der Waals surface area contributed by atoms with Gasteiger partial charge in [-0.15, -0.1) is 0 Å². The van der Waals surface area contributed by atoms with Crippen LogP contribution in [0.2, 0.25) is 0 Å². The van der Waals surface area contributed by atoms with E-state index in [2.05, 4.69) is 20.2 Å². The molecule has 0 spiro atoms. The standard InChI is InChI=1S/C16H18N4O4/c1-23-13(21)10-17-16(22)20-9-5-8-12(20)15-18-14(19-24-15)11-6-3-2-4-7-11/h2-4,6-7,12H,5,8-10H2,1H3,(H,17,22)/t12-/m0/s1. The molecular formula is C16H18N4O4. The Morgan fingerprint density at radius 2 is 2.17 bits per heavy atom. The molecule has 8 heteroatoms.